The highest BCUT2D eigenvalue weighted by molar-refractivity contribution is 5.86. The van der Waals surface area contributed by atoms with E-state index in [2.05, 4.69) is 0 Å². The van der Waals surface area contributed by atoms with Crippen molar-refractivity contribution < 1.29 is 26.3 Å². The highest BCUT2D eigenvalue weighted by atomic mass is 19.4. The number of hydrogen-bond acceptors (Lipinski definition) is 9. The van der Waals surface area contributed by atoms with Crippen molar-refractivity contribution in [2.24, 2.45) is 0 Å². The lowest BCUT2D eigenvalue weighted by Gasteiger charge is -2.14. The number of hydrogen-bond donors (Lipinski definition) is 0. The van der Waals surface area contributed by atoms with Gasteiger partial charge in [0.15, 0.2) is 0 Å². The Hall–Kier alpha value is -7.61. The third kappa shape index (κ3) is 5.34. The summed E-state index contributed by atoms with van der Waals surface area (Å²) in [6, 6.07) is 16.1. The van der Waals surface area contributed by atoms with Crippen LogP contribution in [0.4, 0.5) is 26.3 Å². The lowest BCUT2D eigenvalue weighted by atomic mass is 9.87. The van der Waals surface area contributed by atoms with Gasteiger partial charge in [0, 0.05) is 21.6 Å². The Bertz CT molecular complexity index is 2390. The van der Waals surface area contributed by atoms with Crippen molar-refractivity contribution in [1.82, 2.24) is 0 Å². The van der Waals surface area contributed by atoms with E-state index < -0.39 is 95.1 Å². The first-order chi connectivity index (χ1) is 21.7. The largest absolute Gasteiger partial charge is 0.417 e. The maximum absolute atomic E-state index is 13.5. The van der Waals surface area contributed by atoms with Crippen LogP contribution in [0, 0.1) is 102 Å². The summed E-state index contributed by atoms with van der Waals surface area (Å²) in [7, 11) is 0. The van der Waals surface area contributed by atoms with E-state index in [9.17, 15) is 73.7 Å². The molecule has 9 nitrogen and oxygen atoms in total. The third-order valence-corrected chi connectivity index (χ3v) is 6.42. The Kier molecular flexibility index (Phi) is 8.81. The lowest BCUT2D eigenvalue weighted by Crippen LogP contribution is -2.27. The molecule has 3 rings (SSSR count). The summed E-state index contributed by atoms with van der Waals surface area (Å²) in [6.07, 6.45) is -10.2. The smallest absolute Gasteiger partial charge is 0.192 e. The molecular formula is C31H5F6N9. The van der Waals surface area contributed by atoms with E-state index in [-0.39, 0.29) is 0 Å². The maximum Gasteiger partial charge on any atom is 0.417 e. The first kappa shape index (κ1) is 32.9. The van der Waals surface area contributed by atoms with Crippen LogP contribution in [0.5, 0.6) is 0 Å². The van der Waals surface area contributed by atoms with Gasteiger partial charge < -0.3 is 0 Å². The van der Waals surface area contributed by atoms with E-state index in [1.54, 1.807) is 30.3 Å². The zero-order valence-electron chi connectivity index (χ0n) is 22.2. The second-order valence-corrected chi connectivity index (χ2v) is 8.67. The summed E-state index contributed by atoms with van der Waals surface area (Å²) in [4.78, 5) is 0. The van der Waals surface area contributed by atoms with Crippen LogP contribution in [0.1, 0.15) is 61.2 Å². The molecule has 0 heterocycles. The van der Waals surface area contributed by atoms with E-state index in [4.69, 9.17) is 0 Å². The molecule has 0 bridgehead atoms. The summed E-state index contributed by atoms with van der Waals surface area (Å²) < 4.78 is 81.1. The zero-order chi connectivity index (χ0) is 34.6. The Balaban J connectivity index is 2.73. The first-order valence-corrected chi connectivity index (χ1v) is 11.8. The molecule has 0 aliphatic heterocycles. The van der Waals surface area contributed by atoms with Crippen LogP contribution in [-0.2, 0) is 12.4 Å². The number of nitrogens with zero attached hydrogens (tertiary/aromatic N) is 9. The van der Waals surface area contributed by atoms with Crippen LogP contribution in [0.25, 0.3) is 11.1 Å². The second-order valence-electron chi connectivity index (χ2n) is 8.67. The summed E-state index contributed by atoms with van der Waals surface area (Å²) in [5.41, 5.74) is -12.1. The Morgan fingerprint density at radius 3 is 1.17 bits per heavy atom. The molecule has 0 radical (unpaired) electrons. The standard InChI is InChI=1S/C31H5F6N9/c32-30(33,34)27-3-1-16(20(8-40)23(27)11-43)19(7-39)18-5-15(6-38)29(26(14-46)22(18)10-42)25(13-45)17-2-4-28(31(35,36)37)24(12-44)21(17)9-41/h1-5H/b19-18+,29-25-. The van der Waals surface area contributed by atoms with Gasteiger partial charge in [-0.3, -0.25) is 0 Å². The maximum atomic E-state index is 13.5. The van der Waals surface area contributed by atoms with E-state index in [0.717, 1.165) is 6.07 Å². The molecule has 0 aliphatic rings. The van der Waals surface area contributed by atoms with Gasteiger partial charge in [-0.05, 0) is 18.2 Å². The molecule has 0 amide bonds. The topological polar surface area (TPSA) is 214 Å². The molecule has 46 heavy (non-hydrogen) atoms. The van der Waals surface area contributed by atoms with Gasteiger partial charge in [-0.15, -0.1) is 0 Å². The number of alkyl halides is 6. The molecule has 0 fully saturated rings. The molecule has 0 aromatic heterocycles. The molecule has 15 heteroatoms. The van der Waals surface area contributed by atoms with Crippen LogP contribution < -0.4 is 10.4 Å². The van der Waals surface area contributed by atoms with Crippen molar-refractivity contribution in [1.29, 1.82) is 47.4 Å². The molecular weight excluding hydrogens is 612 g/mol. The van der Waals surface area contributed by atoms with Crippen LogP contribution >= 0.6 is 0 Å². The summed E-state index contributed by atoms with van der Waals surface area (Å²) in [6.45, 7) is 0. The molecule has 216 valence electrons. The highest BCUT2D eigenvalue weighted by Gasteiger charge is 2.37. The molecule has 3 aromatic rings. The van der Waals surface area contributed by atoms with Gasteiger partial charge in [-0.2, -0.15) is 73.7 Å². The van der Waals surface area contributed by atoms with Crippen molar-refractivity contribution in [2.75, 3.05) is 0 Å². The van der Waals surface area contributed by atoms with Gasteiger partial charge in [0.25, 0.3) is 0 Å². The van der Waals surface area contributed by atoms with E-state index in [1.807, 2.05) is 0 Å². The summed E-state index contributed by atoms with van der Waals surface area (Å²) >= 11 is 0. The SMILES string of the molecule is N#C/C(c1ccc(C(F)(F)F)c(C#N)c1C#N)=c1/cc(C#N)/c(=C(\C#N)c2ccc(C(F)(F)F)c(C#N)c2C#N)c(C#N)c1C#N. The Labute approximate surface area is 253 Å². The lowest BCUT2D eigenvalue weighted by molar-refractivity contribution is -0.138. The average Bonchev–Trinajstić information content (AvgIpc) is 3.03. The monoisotopic (exact) mass is 617 g/mol. The quantitative estimate of drug-likeness (QED) is 0.375. The van der Waals surface area contributed by atoms with Gasteiger partial charge >= 0.3 is 12.4 Å². The fourth-order valence-electron chi connectivity index (χ4n) is 4.53. The molecule has 0 saturated heterocycles. The fraction of sp³-hybridized carbons (Fsp3) is 0.0645. The normalized spacial score (nSPS) is 11.8. The number of halogens is 6. The average molecular weight is 617 g/mol. The van der Waals surface area contributed by atoms with Gasteiger partial charge in [0.05, 0.1) is 67.3 Å². The number of nitriles is 9. The van der Waals surface area contributed by atoms with Gasteiger partial charge in [0.1, 0.15) is 48.6 Å². The molecule has 0 N–H and O–H groups in total. The zero-order valence-corrected chi connectivity index (χ0v) is 22.2. The molecule has 0 saturated carbocycles. The predicted octanol–water partition coefficient (Wildman–Crippen LogP) is 4.27. The minimum atomic E-state index is -5.09. The van der Waals surface area contributed by atoms with Crippen LogP contribution in [0.2, 0.25) is 0 Å². The molecule has 0 spiro atoms. The number of rotatable bonds is 2. The van der Waals surface area contributed by atoms with Crippen molar-refractivity contribution in [2.45, 2.75) is 12.4 Å². The van der Waals surface area contributed by atoms with Crippen LogP contribution in [-0.4, -0.2) is 0 Å². The van der Waals surface area contributed by atoms with E-state index >= 15 is 0 Å². The van der Waals surface area contributed by atoms with Crippen LogP contribution in [0.15, 0.2) is 30.3 Å². The summed E-state index contributed by atoms with van der Waals surface area (Å²) in [5.74, 6) is 0. The molecule has 0 aliphatic carbocycles. The van der Waals surface area contributed by atoms with Crippen molar-refractivity contribution in [3.8, 4) is 54.6 Å². The Morgan fingerprint density at radius 2 is 0.848 bits per heavy atom. The van der Waals surface area contributed by atoms with Crippen LogP contribution in [0.3, 0.4) is 0 Å². The van der Waals surface area contributed by atoms with Gasteiger partial charge in [-0.1, -0.05) is 12.1 Å². The summed E-state index contributed by atoms with van der Waals surface area (Å²) in [5, 5.41) is 87.1. The second kappa shape index (κ2) is 12.3. The van der Waals surface area contributed by atoms with Crippen molar-refractivity contribution >= 4 is 11.1 Å². The van der Waals surface area contributed by atoms with Crippen molar-refractivity contribution in [3.05, 3.63) is 102 Å². The third-order valence-electron chi connectivity index (χ3n) is 6.42. The minimum Gasteiger partial charge on any atom is -0.192 e. The van der Waals surface area contributed by atoms with Gasteiger partial charge in [0.2, 0.25) is 0 Å². The van der Waals surface area contributed by atoms with Crippen molar-refractivity contribution in [3.63, 3.8) is 0 Å². The Morgan fingerprint density at radius 1 is 0.457 bits per heavy atom. The highest BCUT2D eigenvalue weighted by Crippen LogP contribution is 2.36. The molecule has 3 aromatic carbocycles. The van der Waals surface area contributed by atoms with Gasteiger partial charge in [-0.25, -0.2) is 0 Å². The molecule has 0 unspecified atom stereocenters. The number of benzene rings is 3. The minimum absolute atomic E-state index is 0.395. The first-order valence-electron chi connectivity index (χ1n) is 11.8. The van der Waals surface area contributed by atoms with E-state index in [0.29, 0.717) is 24.3 Å². The van der Waals surface area contributed by atoms with E-state index in [1.165, 1.54) is 24.3 Å². The predicted molar refractivity (Wildman–Crippen MR) is 138 cm³/mol. The molecule has 0 atom stereocenters. The fourth-order valence-corrected chi connectivity index (χ4v) is 4.53.